The van der Waals surface area contributed by atoms with Gasteiger partial charge < -0.3 is 20.7 Å². The molecule has 1 saturated heterocycles. The predicted octanol–water partition coefficient (Wildman–Crippen LogP) is 2.80. The Morgan fingerprint density at radius 1 is 1.17 bits per heavy atom. The average molecular weight is 325 g/mol. The van der Waals surface area contributed by atoms with Gasteiger partial charge in [0, 0.05) is 25.2 Å². The monoisotopic (exact) mass is 325 g/mol. The van der Waals surface area contributed by atoms with Crippen molar-refractivity contribution >= 4 is 6.09 Å². The molecule has 1 amide bonds. The minimum absolute atomic E-state index is 0.304. The highest BCUT2D eigenvalue weighted by molar-refractivity contribution is 5.67. The predicted molar refractivity (Wildman–Crippen MR) is 93.6 cm³/mol. The van der Waals surface area contributed by atoms with E-state index >= 15 is 0 Å². The van der Waals surface area contributed by atoms with Crippen molar-refractivity contribution in [2.24, 2.45) is 5.92 Å². The molecule has 2 rings (SSSR count). The summed E-state index contributed by atoms with van der Waals surface area (Å²) in [5.74, 6) is 0.667. The van der Waals surface area contributed by atoms with E-state index in [1.807, 2.05) is 20.8 Å². The van der Waals surface area contributed by atoms with Gasteiger partial charge in [-0.1, -0.05) is 19.3 Å². The molecule has 2 aliphatic rings. The maximum Gasteiger partial charge on any atom is 0.407 e. The first-order chi connectivity index (χ1) is 10.9. The van der Waals surface area contributed by atoms with Crippen LogP contribution in [0, 0.1) is 5.92 Å². The number of amides is 1. The van der Waals surface area contributed by atoms with Crippen molar-refractivity contribution in [3.05, 3.63) is 0 Å². The normalized spacial score (nSPS) is 24.9. The molecule has 2 fully saturated rings. The molecule has 1 saturated carbocycles. The minimum Gasteiger partial charge on any atom is -0.444 e. The third-order valence-corrected chi connectivity index (χ3v) is 4.83. The molecule has 1 heterocycles. The van der Waals surface area contributed by atoms with E-state index in [-0.39, 0.29) is 6.09 Å². The van der Waals surface area contributed by atoms with Crippen LogP contribution in [0.3, 0.4) is 0 Å². The maximum atomic E-state index is 12.0. The molecule has 0 spiro atoms. The summed E-state index contributed by atoms with van der Waals surface area (Å²) in [6.07, 6.45) is 8.69. The second kappa shape index (κ2) is 8.88. The molecule has 0 radical (unpaired) electrons. The summed E-state index contributed by atoms with van der Waals surface area (Å²) < 4.78 is 5.38. The van der Waals surface area contributed by atoms with Crippen LogP contribution in [0.1, 0.15) is 65.7 Å². The van der Waals surface area contributed by atoms with Gasteiger partial charge in [-0.3, -0.25) is 0 Å². The van der Waals surface area contributed by atoms with Crippen molar-refractivity contribution in [2.45, 2.75) is 83.4 Å². The molecule has 1 aliphatic heterocycles. The van der Waals surface area contributed by atoms with Gasteiger partial charge in [-0.15, -0.1) is 0 Å². The lowest BCUT2D eigenvalue weighted by atomic mass is 9.83. The van der Waals surface area contributed by atoms with Crippen LogP contribution in [0.25, 0.3) is 0 Å². The molecule has 134 valence electrons. The summed E-state index contributed by atoms with van der Waals surface area (Å²) in [6, 6.07) is 0.879. The Balaban J connectivity index is 1.85. The van der Waals surface area contributed by atoms with Crippen LogP contribution in [0.15, 0.2) is 0 Å². The fraction of sp³-hybridized carbons (Fsp3) is 0.944. The first kappa shape index (κ1) is 18.5. The van der Waals surface area contributed by atoms with Crippen molar-refractivity contribution < 1.29 is 9.53 Å². The van der Waals surface area contributed by atoms with Crippen LogP contribution in [-0.4, -0.2) is 43.4 Å². The van der Waals surface area contributed by atoms with Crippen LogP contribution in [0.4, 0.5) is 4.79 Å². The number of hydrogen-bond donors (Lipinski definition) is 3. The van der Waals surface area contributed by atoms with E-state index in [2.05, 4.69) is 16.0 Å². The number of ether oxygens (including phenoxy) is 1. The molecule has 5 heteroatoms. The number of nitrogens with one attached hydrogen (secondary N) is 3. The molecule has 0 aromatic carbocycles. The van der Waals surface area contributed by atoms with Gasteiger partial charge in [-0.2, -0.15) is 0 Å². The minimum atomic E-state index is -0.439. The Bertz CT molecular complexity index is 356. The van der Waals surface area contributed by atoms with E-state index in [1.165, 1.54) is 44.9 Å². The molecule has 0 bridgehead atoms. The van der Waals surface area contributed by atoms with Crippen LogP contribution < -0.4 is 16.0 Å². The summed E-state index contributed by atoms with van der Waals surface area (Å²) in [7, 11) is 0. The fourth-order valence-electron chi connectivity index (χ4n) is 3.70. The second-order valence-electron chi connectivity index (χ2n) is 8.10. The zero-order valence-corrected chi connectivity index (χ0v) is 15.1. The SMILES string of the molecule is CC(C)(C)OC(=O)NCC(NC1CCCNC1)C1CCCCC1. The number of alkyl carbamates (subject to hydrolysis) is 1. The highest BCUT2D eigenvalue weighted by atomic mass is 16.6. The van der Waals surface area contributed by atoms with Gasteiger partial charge in [0.2, 0.25) is 0 Å². The quantitative estimate of drug-likeness (QED) is 0.727. The summed E-state index contributed by atoms with van der Waals surface area (Å²) in [5, 5.41) is 10.3. The molecule has 23 heavy (non-hydrogen) atoms. The standard InChI is InChI=1S/C18H35N3O2/c1-18(2,3)23-17(22)20-13-16(14-8-5-4-6-9-14)21-15-10-7-11-19-12-15/h14-16,19,21H,4-13H2,1-3H3,(H,20,22). The summed E-state index contributed by atoms with van der Waals surface area (Å²) >= 11 is 0. The summed E-state index contributed by atoms with van der Waals surface area (Å²) in [6.45, 7) is 8.53. The smallest absolute Gasteiger partial charge is 0.407 e. The average Bonchev–Trinajstić information content (AvgIpc) is 2.51. The Hall–Kier alpha value is -0.810. The molecule has 1 aliphatic carbocycles. The van der Waals surface area contributed by atoms with Gasteiger partial charge in [0.25, 0.3) is 0 Å². The summed E-state index contributed by atoms with van der Waals surface area (Å²) in [5.41, 5.74) is -0.439. The van der Waals surface area contributed by atoms with E-state index in [1.54, 1.807) is 0 Å². The number of carbonyl (C=O) groups excluding carboxylic acids is 1. The van der Waals surface area contributed by atoms with Crippen LogP contribution in [0.2, 0.25) is 0 Å². The molecule has 0 aromatic rings. The lowest BCUT2D eigenvalue weighted by Crippen LogP contribution is -2.54. The maximum absolute atomic E-state index is 12.0. The van der Waals surface area contributed by atoms with Gasteiger partial charge in [0.1, 0.15) is 5.60 Å². The molecule has 3 N–H and O–H groups in total. The number of carbonyl (C=O) groups is 1. The van der Waals surface area contributed by atoms with E-state index in [0.29, 0.717) is 24.5 Å². The van der Waals surface area contributed by atoms with E-state index in [4.69, 9.17) is 4.74 Å². The second-order valence-corrected chi connectivity index (χ2v) is 8.10. The van der Waals surface area contributed by atoms with E-state index in [0.717, 1.165) is 13.1 Å². The van der Waals surface area contributed by atoms with Crippen molar-refractivity contribution in [1.82, 2.24) is 16.0 Å². The largest absolute Gasteiger partial charge is 0.444 e. The van der Waals surface area contributed by atoms with Crippen molar-refractivity contribution in [1.29, 1.82) is 0 Å². The van der Waals surface area contributed by atoms with Crippen LogP contribution >= 0.6 is 0 Å². The van der Waals surface area contributed by atoms with Crippen molar-refractivity contribution in [3.63, 3.8) is 0 Å². The molecule has 2 unspecified atom stereocenters. The van der Waals surface area contributed by atoms with Crippen molar-refractivity contribution in [3.8, 4) is 0 Å². The molecular formula is C18H35N3O2. The highest BCUT2D eigenvalue weighted by Gasteiger charge is 2.27. The Morgan fingerprint density at radius 2 is 1.91 bits per heavy atom. The molecule has 0 aromatic heterocycles. The fourth-order valence-corrected chi connectivity index (χ4v) is 3.70. The Kier molecular flexibility index (Phi) is 7.15. The Labute approximate surface area is 141 Å². The van der Waals surface area contributed by atoms with E-state index < -0.39 is 5.60 Å². The molecular weight excluding hydrogens is 290 g/mol. The first-order valence-electron chi connectivity index (χ1n) is 9.37. The first-order valence-corrected chi connectivity index (χ1v) is 9.37. The highest BCUT2D eigenvalue weighted by Crippen LogP contribution is 2.27. The van der Waals surface area contributed by atoms with Gasteiger partial charge >= 0.3 is 6.09 Å². The molecule has 2 atom stereocenters. The van der Waals surface area contributed by atoms with Gasteiger partial charge in [-0.05, 0) is 58.9 Å². The molecule has 5 nitrogen and oxygen atoms in total. The van der Waals surface area contributed by atoms with E-state index in [9.17, 15) is 4.79 Å². The lowest BCUT2D eigenvalue weighted by molar-refractivity contribution is 0.0514. The Morgan fingerprint density at radius 3 is 2.52 bits per heavy atom. The number of rotatable bonds is 5. The topological polar surface area (TPSA) is 62.4 Å². The summed E-state index contributed by atoms with van der Waals surface area (Å²) in [4.78, 5) is 12.0. The lowest BCUT2D eigenvalue weighted by Gasteiger charge is -2.35. The van der Waals surface area contributed by atoms with Gasteiger partial charge in [0.05, 0.1) is 0 Å². The van der Waals surface area contributed by atoms with Crippen molar-refractivity contribution in [2.75, 3.05) is 19.6 Å². The zero-order chi connectivity index (χ0) is 16.7. The van der Waals surface area contributed by atoms with Gasteiger partial charge in [-0.25, -0.2) is 4.79 Å². The zero-order valence-electron chi connectivity index (χ0n) is 15.1. The van der Waals surface area contributed by atoms with Crippen LogP contribution in [0.5, 0.6) is 0 Å². The third kappa shape index (κ3) is 7.08. The van der Waals surface area contributed by atoms with Crippen LogP contribution in [-0.2, 0) is 4.74 Å². The van der Waals surface area contributed by atoms with Gasteiger partial charge in [0.15, 0.2) is 0 Å². The number of hydrogen-bond acceptors (Lipinski definition) is 4. The third-order valence-electron chi connectivity index (χ3n) is 4.83. The number of piperidine rings is 1.